The second-order valence-electron chi connectivity index (χ2n) is 2.19. The summed E-state index contributed by atoms with van der Waals surface area (Å²) in [5.41, 5.74) is 5.80. The summed E-state index contributed by atoms with van der Waals surface area (Å²) >= 11 is 3.05. The molecule has 12 heavy (non-hydrogen) atoms. The van der Waals surface area contributed by atoms with E-state index >= 15 is 0 Å². The molecule has 0 aliphatic rings. The number of pyridine rings is 1. The predicted octanol–water partition coefficient (Wildman–Crippen LogP) is 2.24. The predicted molar refractivity (Wildman–Crippen MR) is 44.8 cm³/mol. The number of nitrogens with two attached hydrogens (primary N) is 1. The molecule has 0 aromatic carbocycles. The van der Waals surface area contributed by atoms with Gasteiger partial charge in [-0.25, -0.2) is 13.8 Å². The molecule has 2 N–H and O–H groups in total. The molecule has 5 heteroatoms. The van der Waals surface area contributed by atoms with E-state index < -0.39 is 6.43 Å². The summed E-state index contributed by atoms with van der Waals surface area (Å²) in [5, 5.41) is 0. The van der Waals surface area contributed by atoms with E-state index in [1.807, 2.05) is 0 Å². The number of hydrogen-bond acceptors (Lipinski definition) is 2. The van der Waals surface area contributed by atoms with Gasteiger partial charge in [-0.1, -0.05) is 6.07 Å². The average Bonchev–Trinajstić information content (AvgIpc) is 2.04. The van der Waals surface area contributed by atoms with Crippen molar-refractivity contribution in [2.75, 3.05) is 0 Å². The zero-order valence-electron chi connectivity index (χ0n) is 6.10. The van der Waals surface area contributed by atoms with Crippen molar-refractivity contribution in [3.05, 3.63) is 28.0 Å². The zero-order valence-corrected chi connectivity index (χ0v) is 7.68. The molecular weight excluding hydrogens is 230 g/mol. The standard InChI is InChI=1S/C7H7BrF2N2/c8-6-4(3-11)1-2-5(12-6)7(9)10/h1-2,7H,3,11H2. The molecule has 1 heterocycles. The number of halogens is 3. The van der Waals surface area contributed by atoms with Crippen LogP contribution in [0.15, 0.2) is 16.7 Å². The van der Waals surface area contributed by atoms with Crippen molar-refractivity contribution in [1.29, 1.82) is 0 Å². The van der Waals surface area contributed by atoms with Crippen LogP contribution in [0.4, 0.5) is 8.78 Å². The highest BCUT2D eigenvalue weighted by molar-refractivity contribution is 9.10. The Balaban J connectivity index is 3.02. The molecule has 0 aliphatic heterocycles. The molecule has 0 radical (unpaired) electrons. The number of nitrogens with zero attached hydrogens (tertiary/aromatic N) is 1. The first-order chi connectivity index (χ1) is 5.65. The minimum Gasteiger partial charge on any atom is -0.326 e. The molecular formula is C7H7BrF2N2. The number of aromatic nitrogens is 1. The van der Waals surface area contributed by atoms with E-state index in [2.05, 4.69) is 20.9 Å². The van der Waals surface area contributed by atoms with E-state index in [1.54, 1.807) is 6.07 Å². The smallest absolute Gasteiger partial charge is 0.280 e. The second kappa shape index (κ2) is 3.91. The maximum absolute atomic E-state index is 12.1. The van der Waals surface area contributed by atoms with Crippen LogP contribution in [0.2, 0.25) is 0 Å². The van der Waals surface area contributed by atoms with Crippen molar-refractivity contribution < 1.29 is 8.78 Å². The number of alkyl halides is 2. The Morgan fingerprint density at radius 1 is 1.50 bits per heavy atom. The lowest BCUT2D eigenvalue weighted by Gasteiger charge is -2.02. The molecule has 0 fully saturated rings. The van der Waals surface area contributed by atoms with Crippen LogP contribution in [0.25, 0.3) is 0 Å². The van der Waals surface area contributed by atoms with Crippen LogP contribution < -0.4 is 5.73 Å². The van der Waals surface area contributed by atoms with Gasteiger partial charge >= 0.3 is 0 Å². The summed E-state index contributed by atoms with van der Waals surface area (Å²) in [6.45, 7) is 0.289. The van der Waals surface area contributed by atoms with Crippen molar-refractivity contribution in [2.45, 2.75) is 13.0 Å². The largest absolute Gasteiger partial charge is 0.326 e. The van der Waals surface area contributed by atoms with Crippen LogP contribution in [-0.2, 0) is 6.54 Å². The fraction of sp³-hybridized carbons (Fsp3) is 0.286. The quantitative estimate of drug-likeness (QED) is 0.801. The maximum Gasteiger partial charge on any atom is 0.280 e. The molecule has 0 spiro atoms. The van der Waals surface area contributed by atoms with E-state index in [9.17, 15) is 8.78 Å². The Bertz CT molecular complexity index is 278. The van der Waals surface area contributed by atoms with E-state index in [1.165, 1.54) is 6.07 Å². The molecule has 1 aromatic heterocycles. The first-order valence-electron chi connectivity index (χ1n) is 3.28. The summed E-state index contributed by atoms with van der Waals surface area (Å²) in [6, 6.07) is 2.82. The van der Waals surface area contributed by atoms with Gasteiger partial charge in [-0.15, -0.1) is 0 Å². The second-order valence-corrected chi connectivity index (χ2v) is 2.94. The summed E-state index contributed by atoms with van der Waals surface area (Å²) < 4.78 is 24.5. The van der Waals surface area contributed by atoms with Crippen molar-refractivity contribution in [3.8, 4) is 0 Å². The monoisotopic (exact) mass is 236 g/mol. The third kappa shape index (κ3) is 1.98. The highest BCUT2D eigenvalue weighted by Crippen LogP contribution is 2.20. The lowest BCUT2D eigenvalue weighted by atomic mass is 10.2. The van der Waals surface area contributed by atoms with Crippen LogP contribution in [0.5, 0.6) is 0 Å². The van der Waals surface area contributed by atoms with Crippen molar-refractivity contribution in [2.24, 2.45) is 5.73 Å². The molecule has 0 amide bonds. The van der Waals surface area contributed by atoms with Crippen LogP contribution in [-0.4, -0.2) is 4.98 Å². The first kappa shape index (κ1) is 9.54. The topological polar surface area (TPSA) is 38.9 Å². The fourth-order valence-electron chi connectivity index (χ4n) is 0.751. The van der Waals surface area contributed by atoms with Gasteiger partial charge in [0.1, 0.15) is 10.3 Å². The summed E-state index contributed by atoms with van der Waals surface area (Å²) in [6.07, 6.45) is -2.53. The molecule has 0 atom stereocenters. The van der Waals surface area contributed by atoms with E-state index in [0.29, 0.717) is 4.60 Å². The van der Waals surface area contributed by atoms with Gasteiger partial charge in [0.15, 0.2) is 0 Å². The van der Waals surface area contributed by atoms with Gasteiger partial charge in [0.05, 0.1) is 0 Å². The molecule has 0 bridgehead atoms. The SMILES string of the molecule is NCc1ccc(C(F)F)nc1Br. The van der Waals surface area contributed by atoms with Crippen molar-refractivity contribution in [3.63, 3.8) is 0 Å². The third-order valence-electron chi connectivity index (χ3n) is 1.39. The molecule has 0 saturated heterocycles. The highest BCUT2D eigenvalue weighted by atomic mass is 79.9. The van der Waals surface area contributed by atoms with Gasteiger partial charge < -0.3 is 5.73 Å². The van der Waals surface area contributed by atoms with Crippen LogP contribution in [0.1, 0.15) is 17.7 Å². The normalized spacial score (nSPS) is 10.8. The Morgan fingerprint density at radius 2 is 2.17 bits per heavy atom. The Hall–Kier alpha value is -0.550. The summed E-state index contributed by atoms with van der Waals surface area (Å²) in [5.74, 6) is 0. The Labute approximate surface area is 76.9 Å². The van der Waals surface area contributed by atoms with E-state index in [-0.39, 0.29) is 12.2 Å². The molecule has 0 aliphatic carbocycles. The first-order valence-corrected chi connectivity index (χ1v) is 4.08. The molecule has 0 saturated carbocycles. The Morgan fingerprint density at radius 3 is 2.58 bits per heavy atom. The molecule has 1 aromatic rings. The van der Waals surface area contributed by atoms with Gasteiger partial charge in [0.2, 0.25) is 0 Å². The summed E-state index contributed by atoms with van der Waals surface area (Å²) in [4.78, 5) is 3.63. The van der Waals surface area contributed by atoms with E-state index in [4.69, 9.17) is 5.73 Å². The van der Waals surface area contributed by atoms with Gasteiger partial charge in [0, 0.05) is 6.54 Å². The van der Waals surface area contributed by atoms with Crippen molar-refractivity contribution in [1.82, 2.24) is 4.98 Å². The lowest BCUT2D eigenvalue weighted by Crippen LogP contribution is -2.00. The molecule has 66 valence electrons. The summed E-state index contributed by atoms with van der Waals surface area (Å²) in [7, 11) is 0. The highest BCUT2D eigenvalue weighted by Gasteiger charge is 2.10. The maximum atomic E-state index is 12.1. The molecule has 1 rings (SSSR count). The van der Waals surface area contributed by atoms with Gasteiger partial charge in [-0.3, -0.25) is 0 Å². The lowest BCUT2D eigenvalue weighted by molar-refractivity contribution is 0.146. The van der Waals surface area contributed by atoms with Crippen LogP contribution in [0, 0.1) is 0 Å². The minimum absolute atomic E-state index is 0.237. The molecule has 0 unspecified atom stereocenters. The van der Waals surface area contributed by atoms with E-state index in [0.717, 1.165) is 5.56 Å². The number of hydrogen-bond donors (Lipinski definition) is 1. The van der Waals surface area contributed by atoms with Gasteiger partial charge in [-0.2, -0.15) is 0 Å². The third-order valence-corrected chi connectivity index (χ3v) is 2.08. The van der Waals surface area contributed by atoms with Gasteiger partial charge in [0.25, 0.3) is 6.43 Å². The average molecular weight is 237 g/mol. The van der Waals surface area contributed by atoms with Gasteiger partial charge in [-0.05, 0) is 27.6 Å². The Kier molecular flexibility index (Phi) is 3.11. The number of rotatable bonds is 2. The zero-order chi connectivity index (χ0) is 9.14. The van der Waals surface area contributed by atoms with Crippen LogP contribution in [0.3, 0.4) is 0 Å². The molecule has 2 nitrogen and oxygen atoms in total. The van der Waals surface area contributed by atoms with Crippen molar-refractivity contribution >= 4 is 15.9 Å². The van der Waals surface area contributed by atoms with Crippen LogP contribution >= 0.6 is 15.9 Å². The minimum atomic E-state index is -2.53. The fourth-order valence-corrected chi connectivity index (χ4v) is 1.25.